The van der Waals surface area contributed by atoms with Crippen molar-refractivity contribution in [3.63, 3.8) is 0 Å². The zero-order chi connectivity index (χ0) is 14.5. The van der Waals surface area contributed by atoms with Crippen LogP contribution in [0.2, 0.25) is 0 Å². The monoisotopic (exact) mass is 276 g/mol. The van der Waals surface area contributed by atoms with E-state index in [-0.39, 0.29) is 0 Å². The van der Waals surface area contributed by atoms with E-state index in [1.165, 1.54) is 76.2 Å². The lowest BCUT2D eigenvalue weighted by Crippen LogP contribution is -1.86. The first-order valence-electron chi connectivity index (χ1n) is 8.61. The molecule has 0 aromatic heterocycles. The zero-order valence-corrected chi connectivity index (χ0v) is 13.2. The van der Waals surface area contributed by atoms with Gasteiger partial charge in [0.1, 0.15) is 5.75 Å². The summed E-state index contributed by atoms with van der Waals surface area (Å²) in [6, 6.07) is 7.64. The van der Waals surface area contributed by atoms with Crippen LogP contribution in [-0.4, -0.2) is 5.11 Å². The van der Waals surface area contributed by atoms with Crippen LogP contribution in [0.15, 0.2) is 24.3 Å². The molecular formula is C19H32O. The van der Waals surface area contributed by atoms with Gasteiger partial charge in [-0.15, -0.1) is 0 Å². The molecule has 114 valence electrons. The van der Waals surface area contributed by atoms with E-state index >= 15 is 0 Å². The van der Waals surface area contributed by atoms with Crippen molar-refractivity contribution in [1.82, 2.24) is 0 Å². The van der Waals surface area contributed by atoms with Gasteiger partial charge in [-0.3, -0.25) is 0 Å². The minimum absolute atomic E-state index is 0.368. The molecule has 0 atom stereocenters. The van der Waals surface area contributed by atoms with Crippen LogP contribution in [0.3, 0.4) is 0 Å². The molecule has 1 N–H and O–H groups in total. The predicted octanol–water partition coefficient (Wildman–Crippen LogP) is 6.25. The Morgan fingerprint density at radius 3 is 1.60 bits per heavy atom. The average molecular weight is 276 g/mol. The Kier molecular flexibility index (Phi) is 10.1. The summed E-state index contributed by atoms with van der Waals surface area (Å²) in [5.74, 6) is 0.368. The zero-order valence-electron chi connectivity index (χ0n) is 13.2. The molecular weight excluding hydrogens is 244 g/mol. The van der Waals surface area contributed by atoms with Crippen molar-refractivity contribution in [2.45, 2.75) is 84.0 Å². The maximum Gasteiger partial charge on any atom is 0.115 e. The Morgan fingerprint density at radius 1 is 0.650 bits per heavy atom. The largest absolute Gasteiger partial charge is 0.508 e. The van der Waals surface area contributed by atoms with Crippen molar-refractivity contribution in [2.24, 2.45) is 0 Å². The van der Waals surface area contributed by atoms with Crippen molar-refractivity contribution in [3.05, 3.63) is 29.8 Å². The topological polar surface area (TPSA) is 20.2 Å². The molecule has 1 aromatic rings. The van der Waals surface area contributed by atoms with Gasteiger partial charge in [0.2, 0.25) is 0 Å². The van der Waals surface area contributed by atoms with Crippen LogP contribution in [-0.2, 0) is 6.42 Å². The molecule has 1 rings (SSSR count). The first-order valence-corrected chi connectivity index (χ1v) is 8.61. The number of hydrogen-bond donors (Lipinski definition) is 1. The van der Waals surface area contributed by atoms with Crippen LogP contribution in [0.25, 0.3) is 0 Å². The molecule has 0 aliphatic heterocycles. The SMILES string of the molecule is CCCCCCCCCCCCCc1ccc(O)cc1. The summed E-state index contributed by atoms with van der Waals surface area (Å²) < 4.78 is 0. The molecule has 0 saturated carbocycles. The lowest BCUT2D eigenvalue weighted by Gasteiger charge is -2.03. The highest BCUT2D eigenvalue weighted by Gasteiger charge is 1.95. The van der Waals surface area contributed by atoms with Gasteiger partial charge >= 0.3 is 0 Å². The Hall–Kier alpha value is -0.980. The second-order valence-electron chi connectivity index (χ2n) is 5.95. The van der Waals surface area contributed by atoms with Gasteiger partial charge in [-0.2, -0.15) is 0 Å². The normalized spacial score (nSPS) is 10.8. The van der Waals surface area contributed by atoms with Gasteiger partial charge in [0.05, 0.1) is 0 Å². The minimum Gasteiger partial charge on any atom is -0.508 e. The lowest BCUT2D eigenvalue weighted by atomic mass is 10.0. The number of phenolic OH excluding ortho intramolecular Hbond substituents is 1. The minimum atomic E-state index is 0.368. The number of phenols is 1. The second-order valence-corrected chi connectivity index (χ2v) is 5.95. The first-order chi connectivity index (χ1) is 9.83. The molecule has 0 aliphatic rings. The third kappa shape index (κ3) is 9.01. The van der Waals surface area contributed by atoms with Crippen LogP contribution in [0.5, 0.6) is 5.75 Å². The highest BCUT2D eigenvalue weighted by molar-refractivity contribution is 5.25. The Labute approximate surface area is 125 Å². The highest BCUT2D eigenvalue weighted by Crippen LogP contribution is 2.14. The van der Waals surface area contributed by atoms with Crippen molar-refractivity contribution >= 4 is 0 Å². The molecule has 0 aliphatic carbocycles. The van der Waals surface area contributed by atoms with Gasteiger partial charge in [-0.1, -0.05) is 83.3 Å². The molecule has 0 bridgehead atoms. The predicted molar refractivity (Wildman–Crippen MR) is 88.3 cm³/mol. The van der Waals surface area contributed by atoms with E-state index in [0.29, 0.717) is 5.75 Å². The standard InChI is InChI=1S/C19H32O/c1-2-3-4-5-6-7-8-9-10-11-12-13-18-14-16-19(20)17-15-18/h14-17,20H,2-13H2,1H3. The van der Waals surface area contributed by atoms with E-state index in [4.69, 9.17) is 0 Å². The van der Waals surface area contributed by atoms with Crippen molar-refractivity contribution in [2.75, 3.05) is 0 Å². The smallest absolute Gasteiger partial charge is 0.115 e. The Bertz CT molecular complexity index is 315. The van der Waals surface area contributed by atoms with E-state index in [9.17, 15) is 5.11 Å². The third-order valence-corrected chi connectivity index (χ3v) is 4.01. The molecule has 1 nitrogen and oxygen atoms in total. The molecule has 1 aromatic carbocycles. The van der Waals surface area contributed by atoms with Crippen LogP contribution in [0.1, 0.15) is 83.1 Å². The highest BCUT2D eigenvalue weighted by atomic mass is 16.3. The van der Waals surface area contributed by atoms with Crippen LogP contribution in [0, 0.1) is 0 Å². The molecule has 0 fully saturated rings. The van der Waals surface area contributed by atoms with Crippen molar-refractivity contribution < 1.29 is 5.11 Å². The molecule has 0 unspecified atom stereocenters. The number of benzene rings is 1. The van der Waals surface area contributed by atoms with Gasteiger partial charge in [0.25, 0.3) is 0 Å². The van der Waals surface area contributed by atoms with Crippen molar-refractivity contribution in [1.29, 1.82) is 0 Å². The number of rotatable bonds is 12. The Balaban J connectivity index is 1.84. The molecule has 0 heterocycles. The van der Waals surface area contributed by atoms with Crippen LogP contribution in [0.4, 0.5) is 0 Å². The number of unbranched alkanes of at least 4 members (excludes halogenated alkanes) is 10. The molecule has 20 heavy (non-hydrogen) atoms. The van der Waals surface area contributed by atoms with Crippen LogP contribution >= 0.6 is 0 Å². The van der Waals surface area contributed by atoms with Gasteiger partial charge in [0, 0.05) is 0 Å². The fourth-order valence-electron chi connectivity index (χ4n) is 2.66. The summed E-state index contributed by atoms with van der Waals surface area (Å²) in [5.41, 5.74) is 1.35. The lowest BCUT2D eigenvalue weighted by molar-refractivity contribution is 0.475. The van der Waals surface area contributed by atoms with E-state index in [2.05, 4.69) is 6.92 Å². The first kappa shape index (κ1) is 17.1. The number of aromatic hydroxyl groups is 1. The fourth-order valence-corrected chi connectivity index (χ4v) is 2.66. The summed E-state index contributed by atoms with van der Waals surface area (Å²) >= 11 is 0. The summed E-state index contributed by atoms with van der Waals surface area (Å²) in [6.07, 6.45) is 16.5. The summed E-state index contributed by atoms with van der Waals surface area (Å²) in [4.78, 5) is 0. The van der Waals surface area contributed by atoms with E-state index in [0.717, 1.165) is 6.42 Å². The van der Waals surface area contributed by atoms with Gasteiger partial charge < -0.3 is 5.11 Å². The number of aryl methyl sites for hydroxylation is 1. The molecule has 0 saturated heterocycles. The van der Waals surface area contributed by atoms with Crippen molar-refractivity contribution in [3.8, 4) is 5.75 Å². The van der Waals surface area contributed by atoms with Gasteiger partial charge in [-0.25, -0.2) is 0 Å². The Morgan fingerprint density at radius 2 is 1.10 bits per heavy atom. The second kappa shape index (κ2) is 11.8. The van der Waals surface area contributed by atoms with Crippen LogP contribution < -0.4 is 0 Å². The summed E-state index contributed by atoms with van der Waals surface area (Å²) in [6.45, 7) is 2.28. The molecule has 0 amide bonds. The molecule has 0 radical (unpaired) electrons. The van der Waals surface area contributed by atoms with Gasteiger partial charge in [-0.05, 0) is 30.5 Å². The molecule has 1 heteroatoms. The van der Waals surface area contributed by atoms with E-state index in [1.54, 1.807) is 12.1 Å². The number of hydrogen-bond acceptors (Lipinski definition) is 1. The fraction of sp³-hybridized carbons (Fsp3) is 0.684. The van der Waals surface area contributed by atoms with E-state index in [1.807, 2.05) is 12.1 Å². The average Bonchev–Trinajstić information content (AvgIpc) is 2.47. The summed E-state index contributed by atoms with van der Waals surface area (Å²) in [7, 11) is 0. The summed E-state index contributed by atoms with van der Waals surface area (Å²) in [5, 5.41) is 9.22. The maximum atomic E-state index is 9.22. The molecule has 0 spiro atoms. The quantitative estimate of drug-likeness (QED) is 0.448. The van der Waals surface area contributed by atoms with E-state index < -0.39 is 0 Å². The van der Waals surface area contributed by atoms with Gasteiger partial charge in [0.15, 0.2) is 0 Å². The third-order valence-electron chi connectivity index (χ3n) is 4.01. The maximum absolute atomic E-state index is 9.22.